The Hall–Kier alpha value is -2.59. The molecule has 2 aromatic carbocycles. The Morgan fingerprint density at radius 3 is 2.67 bits per heavy atom. The van der Waals surface area contributed by atoms with Crippen molar-refractivity contribution >= 4 is 38.0 Å². The molecule has 4 heteroatoms. The zero-order valence-corrected chi connectivity index (χ0v) is 11.9. The summed E-state index contributed by atoms with van der Waals surface area (Å²) in [7, 11) is 0. The summed E-state index contributed by atoms with van der Waals surface area (Å²) in [5.74, 6) is 1.40. The molecule has 0 saturated carbocycles. The van der Waals surface area contributed by atoms with Crippen LogP contribution in [0.1, 0.15) is 0 Å². The predicted molar refractivity (Wildman–Crippen MR) is 88.1 cm³/mol. The fourth-order valence-corrected chi connectivity index (χ4v) is 3.29. The molecule has 0 bridgehead atoms. The van der Waals surface area contributed by atoms with Crippen LogP contribution in [0.4, 0.5) is 5.69 Å². The molecule has 0 radical (unpaired) electrons. The van der Waals surface area contributed by atoms with Gasteiger partial charge >= 0.3 is 0 Å². The molecule has 0 unspecified atom stereocenters. The monoisotopic (exact) mass is 292 g/mol. The fraction of sp³-hybridized carbons (Fsp3) is 0. The van der Waals surface area contributed by atoms with Gasteiger partial charge in [0, 0.05) is 15.8 Å². The van der Waals surface area contributed by atoms with Crippen LogP contribution in [-0.4, -0.2) is 4.98 Å². The third-order valence-electron chi connectivity index (χ3n) is 3.34. The number of fused-ring (bicyclic) bond motifs is 3. The van der Waals surface area contributed by atoms with Gasteiger partial charge < -0.3 is 10.5 Å². The molecule has 4 rings (SSSR count). The zero-order chi connectivity index (χ0) is 14.2. The van der Waals surface area contributed by atoms with E-state index < -0.39 is 0 Å². The molecule has 0 aliphatic rings. The molecule has 3 nitrogen and oxygen atoms in total. The van der Waals surface area contributed by atoms with Crippen LogP contribution in [0.25, 0.3) is 21.0 Å². The first-order chi connectivity index (χ1) is 10.3. The fourth-order valence-electron chi connectivity index (χ4n) is 2.37. The Labute approximate surface area is 125 Å². The first-order valence-corrected chi connectivity index (χ1v) is 7.48. The number of pyridine rings is 1. The summed E-state index contributed by atoms with van der Waals surface area (Å²) in [5, 5.41) is 4.19. The molecule has 102 valence electrons. The van der Waals surface area contributed by atoms with Gasteiger partial charge in [0.25, 0.3) is 0 Å². The van der Waals surface area contributed by atoms with E-state index in [1.54, 1.807) is 11.3 Å². The number of para-hydroxylation sites is 1. The SMILES string of the molecule is Nc1ccc2c(c1)nc(Oc1ccccc1)c1ccsc12. The van der Waals surface area contributed by atoms with Gasteiger partial charge in [-0.15, -0.1) is 11.3 Å². The molecule has 0 spiro atoms. The highest BCUT2D eigenvalue weighted by molar-refractivity contribution is 7.18. The molecule has 2 heterocycles. The van der Waals surface area contributed by atoms with Gasteiger partial charge in [-0.2, -0.15) is 0 Å². The third kappa shape index (κ3) is 2.10. The molecular formula is C17H12N2OS. The van der Waals surface area contributed by atoms with Crippen LogP contribution in [0.2, 0.25) is 0 Å². The van der Waals surface area contributed by atoms with Crippen molar-refractivity contribution in [1.29, 1.82) is 0 Å². The van der Waals surface area contributed by atoms with Crippen molar-refractivity contribution in [3.05, 3.63) is 60.0 Å². The summed E-state index contributed by atoms with van der Waals surface area (Å²) in [6.07, 6.45) is 0. The molecule has 21 heavy (non-hydrogen) atoms. The van der Waals surface area contributed by atoms with Crippen molar-refractivity contribution < 1.29 is 4.74 Å². The lowest BCUT2D eigenvalue weighted by atomic mass is 10.1. The predicted octanol–water partition coefficient (Wildman–Crippen LogP) is 4.82. The Balaban J connectivity index is 1.96. The Bertz CT molecular complexity index is 931. The molecule has 2 N–H and O–H groups in total. The second-order valence-electron chi connectivity index (χ2n) is 4.77. The van der Waals surface area contributed by atoms with E-state index in [1.165, 1.54) is 4.70 Å². The van der Waals surface area contributed by atoms with Crippen molar-refractivity contribution in [2.75, 3.05) is 5.73 Å². The highest BCUT2D eigenvalue weighted by Gasteiger charge is 2.11. The van der Waals surface area contributed by atoms with Crippen LogP contribution in [-0.2, 0) is 0 Å². The number of anilines is 1. The largest absolute Gasteiger partial charge is 0.438 e. The quantitative estimate of drug-likeness (QED) is 0.539. The number of ether oxygens (including phenoxy) is 1. The standard InChI is InChI=1S/C17H12N2OS/c18-11-6-7-13-15(10-11)19-17(14-8-9-21-16(13)14)20-12-4-2-1-3-5-12/h1-10H,18H2. The number of benzene rings is 2. The number of nitrogen functional groups attached to an aromatic ring is 1. The lowest BCUT2D eigenvalue weighted by Crippen LogP contribution is -1.91. The molecule has 0 atom stereocenters. The van der Waals surface area contributed by atoms with E-state index in [0.29, 0.717) is 11.6 Å². The number of hydrogen-bond acceptors (Lipinski definition) is 4. The van der Waals surface area contributed by atoms with Crippen LogP contribution in [0.15, 0.2) is 60.0 Å². The highest BCUT2D eigenvalue weighted by atomic mass is 32.1. The summed E-state index contributed by atoms with van der Waals surface area (Å²) in [6, 6.07) is 17.5. The average molecular weight is 292 g/mol. The molecule has 0 fully saturated rings. The summed E-state index contributed by atoms with van der Waals surface area (Å²) in [6.45, 7) is 0. The Morgan fingerprint density at radius 2 is 1.81 bits per heavy atom. The molecule has 2 aromatic heterocycles. The van der Waals surface area contributed by atoms with Crippen molar-refractivity contribution in [2.45, 2.75) is 0 Å². The maximum Gasteiger partial charge on any atom is 0.228 e. The first-order valence-electron chi connectivity index (χ1n) is 6.60. The van der Waals surface area contributed by atoms with Crippen molar-refractivity contribution in [3.63, 3.8) is 0 Å². The van der Waals surface area contributed by atoms with Crippen LogP contribution in [0, 0.1) is 0 Å². The van der Waals surface area contributed by atoms with Gasteiger partial charge in [0.2, 0.25) is 5.88 Å². The minimum absolute atomic E-state index is 0.621. The smallest absolute Gasteiger partial charge is 0.228 e. The normalized spacial score (nSPS) is 11.0. The van der Waals surface area contributed by atoms with E-state index in [2.05, 4.69) is 10.4 Å². The van der Waals surface area contributed by atoms with Gasteiger partial charge in [-0.25, -0.2) is 4.98 Å². The van der Waals surface area contributed by atoms with E-state index >= 15 is 0 Å². The van der Waals surface area contributed by atoms with E-state index in [0.717, 1.165) is 22.0 Å². The number of nitrogens with two attached hydrogens (primary N) is 1. The van der Waals surface area contributed by atoms with Crippen molar-refractivity contribution in [2.24, 2.45) is 0 Å². The molecule has 0 aliphatic heterocycles. The van der Waals surface area contributed by atoms with Crippen LogP contribution in [0.5, 0.6) is 11.6 Å². The minimum Gasteiger partial charge on any atom is -0.438 e. The van der Waals surface area contributed by atoms with Gasteiger partial charge in [-0.1, -0.05) is 18.2 Å². The summed E-state index contributed by atoms with van der Waals surface area (Å²) >= 11 is 1.69. The lowest BCUT2D eigenvalue weighted by molar-refractivity contribution is 0.471. The van der Waals surface area contributed by atoms with Crippen LogP contribution in [0.3, 0.4) is 0 Å². The second kappa shape index (κ2) is 4.75. The first kappa shape index (κ1) is 12.2. The molecular weight excluding hydrogens is 280 g/mol. The van der Waals surface area contributed by atoms with Crippen LogP contribution >= 0.6 is 11.3 Å². The maximum atomic E-state index is 5.95. The zero-order valence-electron chi connectivity index (χ0n) is 11.1. The third-order valence-corrected chi connectivity index (χ3v) is 4.29. The topological polar surface area (TPSA) is 48.1 Å². The van der Waals surface area contributed by atoms with Crippen LogP contribution < -0.4 is 10.5 Å². The molecule has 0 saturated heterocycles. The number of hydrogen-bond donors (Lipinski definition) is 1. The summed E-state index contributed by atoms with van der Waals surface area (Å²) < 4.78 is 7.12. The summed E-state index contributed by atoms with van der Waals surface area (Å²) in [5.41, 5.74) is 7.43. The summed E-state index contributed by atoms with van der Waals surface area (Å²) in [4.78, 5) is 4.64. The number of nitrogens with zero attached hydrogens (tertiary/aromatic N) is 1. The van der Waals surface area contributed by atoms with E-state index in [9.17, 15) is 0 Å². The number of rotatable bonds is 2. The van der Waals surface area contributed by atoms with Crippen molar-refractivity contribution in [1.82, 2.24) is 4.98 Å². The van der Waals surface area contributed by atoms with Crippen molar-refractivity contribution in [3.8, 4) is 11.6 Å². The number of aromatic nitrogens is 1. The van der Waals surface area contributed by atoms with Gasteiger partial charge in [0.15, 0.2) is 0 Å². The Kier molecular flexibility index (Phi) is 2.75. The van der Waals surface area contributed by atoms with Gasteiger partial charge in [0.1, 0.15) is 5.75 Å². The molecule has 0 aliphatic carbocycles. The maximum absolute atomic E-state index is 5.95. The Morgan fingerprint density at radius 1 is 0.952 bits per heavy atom. The van der Waals surface area contributed by atoms with E-state index in [1.807, 2.05) is 54.6 Å². The van der Waals surface area contributed by atoms with E-state index in [-0.39, 0.29) is 0 Å². The molecule has 4 aromatic rings. The van der Waals surface area contributed by atoms with Gasteiger partial charge in [0.05, 0.1) is 10.9 Å². The lowest BCUT2D eigenvalue weighted by Gasteiger charge is -2.08. The molecule has 0 amide bonds. The highest BCUT2D eigenvalue weighted by Crippen LogP contribution is 2.36. The second-order valence-corrected chi connectivity index (χ2v) is 5.69. The number of thiophene rings is 1. The average Bonchev–Trinajstić information content (AvgIpc) is 2.98. The minimum atomic E-state index is 0.621. The van der Waals surface area contributed by atoms with Gasteiger partial charge in [-0.05, 0) is 41.8 Å². The van der Waals surface area contributed by atoms with Gasteiger partial charge in [-0.3, -0.25) is 0 Å². The van der Waals surface area contributed by atoms with E-state index in [4.69, 9.17) is 10.5 Å².